The van der Waals surface area contributed by atoms with E-state index in [2.05, 4.69) is 21.3 Å². The van der Waals surface area contributed by atoms with Crippen LogP contribution in [0.1, 0.15) is 62.3 Å². The minimum absolute atomic E-state index is 0.493. The van der Waals surface area contributed by atoms with Gasteiger partial charge in [-0.2, -0.15) is 5.26 Å². The molecule has 1 aliphatic carbocycles. The van der Waals surface area contributed by atoms with Gasteiger partial charge in [-0.1, -0.05) is 24.5 Å². The van der Waals surface area contributed by atoms with Gasteiger partial charge in [-0.15, -0.1) is 5.10 Å². The van der Waals surface area contributed by atoms with Gasteiger partial charge in [0.2, 0.25) is 0 Å². The Morgan fingerprint density at radius 2 is 1.80 bits per heavy atom. The van der Waals surface area contributed by atoms with Crippen molar-refractivity contribution in [2.75, 3.05) is 19.6 Å². The predicted molar refractivity (Wildman–Crippen MR) is 76.2 cm³/mol. The summed E-state index contributed by atoms with van der Waals surface area (Å²) in [5.41, 5.74) is 1.66. The molecule has 0 unspecified atom stereocenters. The quantitative estimate of drug-likeness (QED) is 0.844. The molecule has 1 saturated carbocycles. The first-order valence-corrected chi connectivity index (χ1v) is 7.94. The van der Waals surface area contributed by atoms with Gasteiger partial charge >= 0.3 is 0 Å². The van der Waals surface area contributed by atoms with Crippen molar-refractivity contribution in [3.63, 3.8) is 0 Å². The summed E-state index contributed by atoms with van der Waals surface area (Å²) in [7, 11) is 0. The zero-order valence-electron chi connectivity index (χ0n) is 12.1. The molecule has 1 aliphatic heterocycles. The summed E-state index contributed by atoms with van der Waals surface area (Å²) < 4.78 is 2.01. The Morgan fingerprint density at radius 1 is 1.05 bits per heavy atom. The van der Waals surface area contributed by atoms with Crippen LogP contribution in [0.4, 0.5) is 0 Å². The van der Waals surface area contributed by atoms with E-state index in [1.165, 1.54) is 58.0 Å². The van der Waals surface area contributed by atoms with E-state index in [1.807, 2.05) is 4.68 Å². The molecule has 1 saturated heterocycles. The lowest BCUT2D eigenvalue weighted by atomic mass is 9.86. The minimum atomic E-state index is 0.493. The van der Waals surface area contributed by atoms with Crippen LogP contribution in [0.5, 0.6) is 0 Å². The highest BCUT2D eigenvalue weighted by molar-refractivity contribution is 5.28. The summed E-state index contributed by atoms with van der Waals surface area (Å²) in [4.78, 5) is 2.48. The Hall–Kier alpha value is -1.41. The van der Waals surface area contributed by atoms with Crippen LogP contribution in [-0.4, -0.2) is 39.5 Å². The standard InChI is InChI=1S/C15H23N5/c16-12-14-15(13-6-2-1-3-7-13)20(18-17-14)11-10-19-8-4-5-9-19/h13H,1-11H2. The fourth-order valence-corrected chi connectivity index (χ4v) is 3.59. The fraction of sp³-hybridized carbons (Fsp3) is 0.800. The maximum Gasteiger partial charge on any atom is 0.186 e. The van der Waals surface area contributed by atoms with Crippen LogP contribution in [0, 0.1) is 11.3 Å². The fourth-order valence-electron chi connectivity index (χ4n) is 3.59. The largest absolute Gasteiger partial charge is 0.301 e. The molecular formula is C15H23N5. The highest BCUT2D eigenvalue weighted by atomic mass is 15.4. The second-order valence-electron chi connectivity index (χ2n) is 6.04. The van der Waals surface area contributed by atoms with Crippen LogP contribution >= 0.6 is 0 Å². The van der Waals surface area contributed by atoms with Gasteiger partial charge in [0, 0.05) is 12.5 Å². The second kappa shape index (κ2) is 6.36. The molecule has 1 aromatic heterocycles. The average molecular weight is 273 g/mol. The van der Waals surface area contributed by atoms with E-state index in [9.17, 15) is 5.26 Å². The topological polar surface area (TPSA) is 57.7 Å². The van der Waals surface area contributed by atoms with Crippen molar-refractivity contribution >= 4 is 0 Å². The highest BCUT2D eigenvalue weighted by Crippen LogP contribution is 2.33. The molecule has 5 nitrogen and oxygen atoms in total. The van der Waals surface area contributed by atoms with E-state index in [0.29, 0.717) is 11.6 Å². The molecule has 3 rings (SSSR count). The Morgan fingerprint density at radius 3 is 2.50 bits per heavy atom. The Bertz CT molecular complexity index is 475. The van der Waals surface area contributed by atoms with E-state index in [4.69, 9.17) is 0 Å². The van der Waals surface area contributed by atoms with Crippen molar-refractivity contribution in [1.82, 2.24) is 19.9 Å². The summed E-state index contributed by atoms with van der Waals surface area (Å²) in [5, 5.41) is 17.6. The van der Waals surface area contributed by atoms with Crippen LogP contribution in [0.3, 0.4) is 0 Å². The van der Waals surface area contributed by atoms with Crippen LogP contribution in [-0.2, 0) is 6.54 Å². The molecule has 0 radical (unpaired) electrons. The molecule has 0 atom stereocenters. The first-order valence-electron chi connectivity index (χ1n) is 7.94. The smallest absolute Gasteiger partial charge is 0.186 e. The maximum atomic E-state index is 9.27. The summed E-state index contributed by atoms with van der Waals surface area (Å²) in [5.74, 6) is 0.493. The predicted octanol–water partition coefficient (Wildman–Crippen LogP) is 2.29. The molecule has 0 amide bonds. The van der Waals surface area contributed by atoms with Crippen molar-refractivity contribution in [2.24, 2.45) is 0 Å². The van der Waals surface area contributed by atoms with Crippen LogP contribution in [0.15, 0.2) is 0 Å². The van der Waals surface area contributed by atoms with Gasteiger partial charge in [0.05, 0.1) is 12.2 Å². The third kappa shape index (κ3) is 2.85. The van der Waals surface area contributed by atoms with E-state index in [0.717, 1.165) is 18.8 Å². The average Bonchev–Trinajstić information content (AvgIpc) is 3.15. The zero-order chi connectivity index (χ0) is 13.8. The number of hydrogen-bond donors (Lipinski definition) is 0. The van der Waals surface area contributed by atoms with Gasteiger partial charge in [0.25, 0.3) is 0 Å². The van der Waals surface area contributed by atoms with E-state index in [-0.39, 0.29) is 0 Å². The Labute approximate surface area is 120 Å². The molecule has 2 heterocycles. The normalized spacial score (nSPS) is 21.1. The third-order valence-electron chi connectivity index (χ3n) is 4.70. The molecule has 0 N–H and O–H groups in total. The molecule has 2 fully saturated rings. The molecule has 5 heteroatoms. The number of nitriles is 1. The summed E-state index contributed by atoms with van der Waals surface area (Å²) >= 11 is 0. The lowest BCUT2D eigenvalue weighted by molar-refractivity contribution is 0.307. The van der Waals surface area contributed by atoms with E-state index in [1.54, 1.807) is 0 Å². The highest BCUT2D eigenvalue weighted by Gasteiger charge is 2.24. The van der Waals surface area contributed by atoms with Crippen molar-refractivity contribution in [3.05, 3.63) is 11.4 Å². The minimum Gasteiger partial charge on any atom is -0.301 e. The summed E-state index contributed by atoms with van der Waals surface area (Å²) in [6.07, 6.45) is 8.87. The summed E-state index contributed by atoms with van der Waals surface area (Å²) in [6, 6.07) is 2.23. The zero-order valence-corrected chi connectivity index (χ0v) is 12.1. The number of aromatic nitrogens is 3. The Balaban J connectivity index is 1.72. The van der Waals surface area contributed by atoms with E-state index >= 15 is 0 Å². The van der Waals surface area contributed by atoms with Crippen LogP contribution < -0.4 is 0 Å². The van der Waals surface area contributed by atoms with Gasteiger partial charge in [0.15, 0.2) is 5.69 Å². The maximum absolute atomic E-state index is 9.27. The van der Waals surface area contributed by atoms with Gasteiger partial charge in [0.1, 0.15) is 6.07 Å². The van der Waals surface area contributed by atoms with E-state index < -0.39 is 0 Å². The van der Waals surface area contributed by atoms with Crippen molar-refractivity contribution in [2.45, 2.75) is 57.4 Å². The van der Waals surface area contributed by atoms with Gasteiger partial charge < -0.3 is 4.90 Å². The molecular weight excluding hydrogens is 250 g/mol. The lowest BCUT2D eigenvalue weighted by Gasteiger charge is -2.23. The first-order chi connectivity index (χ1) is 9.88. The number of likely N-dealkylation sites (tertiary alicyclic amines) is 1. The third-order valence-corrected chi connectivity index (χ3v) is 4.70. The van der Waals surface area contributed by atoms with Crippen molar-refractivity contribution < 1.29 is 0 Å². The molecule has 0 spiro atoms. The first kappa shape index (κ1) is 13.6. The molecule has 0 bridgehead atoms. The number of rotatable bonds is 4. The van der Waals surface area contributed by atoms with Gasteiger partial charge in [-0.05, 0) is 38.8 Å². The number of nitrogens with zero attached hydrogens (tertiary/aromatic N) is 5. The molecule has 2 aliphatic rings. The van der Waals surface area contributed by atoms with Gasteiger partial charge in [-0.25, -0.2) is 4.68 Å². The van der Waals surface area contributed by atoms with Crippen molar-refractivity contribution in [1.29, 1.82) is 5.26 Å². The molecule has 0 aromatic carbocycles. The van der Waals surface area contributed by atoms with Gasteiger partial charge in [-0.3, -0.25) is 0 Å². The lowest BCUT2D eigenvalue weighted by Crippen LogP contribution is -2.26. The Kier molecular flexibility index (Phi) is 4.31. The molecule has 20 heavy (non-hydrogen) atoms. The molecule has 108 valence electrons. The monoisotopic (exact) mass is 273 g/mol. The SMILES string of the molecule is N#Cc1nnn(CCN2CCCC2)c1C1CCCCC1. The second-order valence-corrected chi connectivity index (χ2v) is 6.04. The van der Waals surface area contributed by atoms with Crippen LogP contribution in [0.25, 0.3) is 0 Å². The molecule has 1 aromatic rings. The number of hydrogen-bond acceptors (Lipinski definition) is 4. The van der Waals surface area contributed by atoms with Crippen LogP contribution in [0.2, 0.25) is 0 Å². The van der Waals surface area contributed by atoms with Crippen molar-refractivity contribution in [3.8, 4) is 6.07 Å². The summed E-state index contributed by atoms with van der Waals surface area (Å²) in [6.45, 7) is 4.32.